The van der Waals surface area contributed by atoms with E-state index in [9.17, 15) is 14.4 Å². The van der Waals surface area contributed by atoms with E-state index in [1.54, 1.807) is 42.1 Å². The first-order valence-electron chi connectivity index (χ1n) is 7.35. The van der Waals surface area contributed by atoms with E-state index in [0.717, 1.165) is 0 Å². The van der Waals surface area contributed by atoms with Gasteiger partial charge in [-0.2, -0.15) is 0 Å². The van der Waals surface area contributed by atoms with Crippen LogP contribution in [0.15, 0.2) is 48.7 Å². The molecule has 1 heterocycles. The number of esters is 1. The van der Waals surface area contributed by atoms with E-state index < -0.39 is 24.4 Å². The summed E-state index contributed by atoms with van der Waals surface area (Å²) < 4.78 is 11.7. The molecule has 2 amide bonds. The number of amides is 2. The normalized spacial score (nSPS) is 10.0. The number of aromatic nitrogens is 1. The van der Waals surface area contributed by atoms with E-state index in [2.05, 4.69) is 5.32 Å². The molecule has 0 aliphatic heterocycles. The topological polar surface area (TPSA) is 86.6 Å². The molecule has 2 rings (SSSR count). The zero-order valence-electron chi connectivity index (χ0n) is 13.2. The molecule has 0 fully saturated rings. The van der Waals surface area contributed by atoms with Crippen molar-refractivity contribution in [2.75, 3.05) is 13.2 Å². The van der Waals surface area contributed by atoms with Gasteiger partial charge in [0, 0.05) is 13.2 Å². The summed E-state index contributed by atoms with van der Waals surface area (Å²) in [6.45, 7) is -0.368. The van der Waals surface area contributed by atoms with Gasteiger partial charge in [-0.25, -0.2) is 0 Å². The number of ether oxygens (including phenoxy) is 2. The number of nitrogens with one attached hydrogen (secondary N) is 1. The van der Waals surface area contributed by atoms with Crippen LogP contribution in [0.1, 0.15) is 16.9 Å². The van der Waals surface area contributed by atoms with Gasteiger partial charge in [0.15, 0.2) is 6.61 Å². The number of imide groups is 1. The third-order valence-electron chi connectivity index (χ3n) is 3.11. The summed E-state index contributed by atoms with van der Waals surface area (Å²) in [7, 11) is 1.69. The molecule has 0 saturated heterocycles. The van der Waals surface area contributed by atoms with Gasteiger partial charge in [0.05, 0.1) is 13.0 Å². The molecular weight excluding hydrogens is 312 g/mol. The van der Waals surface area contributed by atoms with Crippen LogP contribution in [0.4, 0.5) is 0 Å². The molecule has 24 heavy (non-hydrogen) atoms. The monoisotopic (exact) mass is 330 g/mol. The second kappa shape index (κ2) is 8.52. The fraction of sp³-hybridized carbons (Fsp3) is 0.235. The molecule has 0 spiro atoms. The predicted molar refractivity (Wildman–Crippen MR) is 85.4 cm³/mol. The lowest BCUT2D eigenvalue weighted by Crippen LogP contribution is -2.35. The average molecular weight is 330 g/mol. The molecule has 1 aromatic carbocycles. The minimum absolute atomic E-state index is 0.00787. The number of rotatable bonds is 7. The molecule has 2 aromatic rings. The second-order valence-electron chi connectivity index (χ2n) is 4.95. The van der Waals surface area contributed by atoms with Crippen LogP contribution >= 0.6 is 0 Å². The molecule has 1 aromatic heterocycles. The number of nitrogens with zero attached hydrogens (tertiary/aromatic N) is 1. The van der Waals surface area contributed by atoms with Crippen molar-refractivity contribution >= 4 is 17.8 Å². The number of aryl methyl sites for hydroxylation is 1. The SMILES string of the molecule is Cn1cccc1C(=O)NC(=O)COC(=O)CCOc1ccccc1. The zero-order chi connectivity index (χ0) is 17.4. The first-order chi connectivity index (χ1) is 11.6. The molecule has 0 bridgehead atoms. The minimum atomic E-state index is -0.682. The molecule has 0 atom stereocenters. The molecule has 7 heteroatoms. The molecule has 0 saturated carbocycles. The first-order valence-corrected chi connectivity index (χ1v) is 7.35. The van der Waals surface area contributed by atoms with Crippen LogP contribution in [0.5, 0.6) is 5.75 Å². The fourth-order valence-corrected chi connectivity index (χ4v) is 1.91. The van der Waals surface area contributed by atoms with Gasteiger partial charge in [-0.1, -0.05) is 18.2 Å². The highest BCUT2D eigenvalue weighted by Crippen LogP contribution is 2.08. The molecular formula is C17H18N2O5. The van der Waals surface area contributed by atoms with Crippen LogP contribution in [0.3, 0.4) is 0 Å². The summed E-state index contributed by atoms with van der Waals surface area (Å²) in [5.74, 6) is -1.15. The summed E-state index contributed by atoms with van der Waals surface area (Å²) >= 11 is 0. The maximum atomic E-state index is 11.8. The van der Waals surface area contributed by atoms with Crippen LogP contribution < -0.4 is 10.1 Å². The van der Waals surface area contributed by atoms with E-state index in [0.29, 0.717) is 11.4 Å². The highest BCUT2D eigenvalue weighted by atomic mass is 16.5. The number of carbonyl (C=O) groups excluding carboxylic acids is 3. The van der Waals surface area contributed by atoms with Gasteiger partial charge in [-0.15, -0.1) is 0 Å². The molecule has 7 nitrogen and oxygen atoms in total. The van der Waals surface area contributed by atoms with Gasteiger partial charge in [-0.3, -0.25) is 19.7 Å². The Labute approximate surface area is 139 Å². The Bertz CT molecular complexity index is 709. The van der Waals surface area contributed by atoms with Crippen molar-refractivity contribution in [1.29, 1.82) is 0 Å². The maximum absolute atomic E-state index is 11.8. The number of hydrogen-bond acceptors (Lipinski definition) is 5. The Hall–Kier alpha value is -3.09. The number of benzene rings is 1. The Morgan fingerprint density at radius 3 is 2.50 bits per heavy atom. The summed E-state index contributed by atoms with van der Waals surface area (Å²) in [4.78, 5) is 34.9. The van der Waals surface area contributed by atoms with E-state index >= 15 is 0 Å². The van der Waals surface area contributed by atoms with Crippen molar-refractivity contribution in [3.63, 3.8) is 0 Å². The molecule has 126 valence electrons. The van der Waals surface area contributed by atoms with Gasteiger partial charge in [0.2, 0.25) is 0 Å². The molecule has 0 aliphatic rings. The Balaban J connectivity index is 1.65. The second-order valence-corrected chi connectivity index (χ2v) is 4.95. The van der Waals surface area contributed by atoms with Gasteiger partial charge >= 0.3 is 5.97 Å². The number of hydrogen-bond donors (Lipinski definition) is 1. The van der Waals surface area contributed by atoms with Crippen molar-refractivity contribution in [3.8, 4) is 5.75 Å². The Morgan fingerprint density at radius 2 is 1.83 bits per heavy atom. The van der Waals surface area contributed by atoms with E-state index in [4.69, 9.17) is 9.47 Å². The minimum Gasteiger partial charge on any atom is -0.493 e. The van der Waals surface area contributed by atoms with Crippen LogP contribution in [0.2, 0.25) is 0 Å². The van der Waals surface area contributed by atoms with Crippen LogP contribution in [-0.2, 0) is 21.4 Å². The summed E-state index contributed by atoms with van der Waals surface area (Å²) in [6.07, 6.45) is 1.69. The van der Waals surface area contributed by atoms with Crippen molar-refractivity contribution in [2.24, 2.45) is 7.05 Å². The quantitative estimate of drug-likeness (QED) is 0.773. The highest BCUT2D eigenvalue weighted by molar-refractivity contribution is 6.04. The predicted octanol–water partition coefficient (Wildman–Crippen LogP) is 1.29. The Kier molecular flexibility index (Phi) is 6.13. The molecule has 0 aliphatic carbocycles. The lowest BCUT2D eigenvalue weighted by molar-refractivity contribution is -0.148. The Morgan fingerprint density at radius 1 is 1.08 bits per heavy atom. The van der Waals surface area contributed by atoms with Gasteiger partial charge in [0.1, 0.15) is 11.4 Å². The van der Waals surface area contributed by atoms with Gasteiger partial charge in [0.25, 0.3) is 11.8 Å². The zero-order valence-corrected chi connectivity index (χ0v) is 13.2. The standard InChI is InChI=1S/C17H18N2O5/c1-19-10-5-8-14(19)17(22)18-15(20)12-24-16(21)9-11-23-13-6-3-2-4-7-13/h2-8,10H,9,11-12H2,1H3,(H,18,20,22). The maximum Gasteiger partial charge on any atom is 0.309 e. The fourth-order valence-electron chi connectivity index (χ4n) is 1.91. The summed E-state index contributed by atoms with van der Waals surface area (Å²) in [5, 5.41) is 2.15. The van der Waals surface area contributed by atoms with Gasteiger partial charge in [-0.05, 0) is 24.3 Å². The lowest BCUT2D eigenvalue weighted by atomic mass is 10.3. The van der Waals surface area contributed by atoms with Crippen molar-refractivity contribution in [1.82, 2.24) is 9.88 Å². The summed E-state index contributed by atoms with van der Waals surface area (Å²) in [5.41, 5.74) is 0.339. The number of para-hydroxylation sites is 1. The molecule has 0 unspecified atom stereocenters. The third kappa shape index (κ3) is 5.28. The van der Waals surface area contributed by atoms with Crippen molar-refractivity contribution < 1.29 is 23.9 Å². The van der Waals surface area contributed by atoms with E-state index in [1.807, 2.05) is 18.2 Å². The smallest absolute Gasteiger partial charge is 0.309 e. The molecule has 0 radical (unpaired) electrons. The molecule has 1 N–H and O–H groups in total. The van der Waals surface area contributed by atoms with E-state index in [1.165, 1.54) is 0 Å². The summed E-state index contributed by atoms with van der Waals surface area (Å²) in [6, 6.07) is 12.3. The first kappa shape index (κ1) is 17.3. The van der Waals surface area contributed by atoms with Gasteiger partial charge < -0.3 is 14.0 Å². The van der Waals surface area contributed by atoms with Crippen LogP contribution in [-0.4, -0.2) is 35.6 Å². The van der Waals surface area contributed by atoms with E-state index in [-0.39, 0.29) is 13.0 Å². The largest absolute Gasteiger partial charge is 0.493 e. The average Bonchev–Trinajstić information content (AvgIpc) is 3.00. The third-order valence-corrected chi connectivity index (χ3v) is 3.11. The van der Waals surface area contributed by atoms with Crippen molar-refractivity contribution in [3.05, 3.63) is 54.4 Å². The van der Waals surface area contributed by atoms with Crippen molar-refractivity contribution in [2.45, 2.75) is 6.42 Å². The number of carbonyl (C=O) groups is 3. The highest BCUT2D eigenvalue weighted by Gasteiger charge is 2.14. The van der Waals surface area contributed by atoms with Crippen LogP contribution in [0.25, 0.3) is 0 Å². The van der Waals surface area contributed by atoms with Crippen LogP contribution in [0, 0.1) is 0 Å². The lowest BCUT2D eigenvalue weighted by Gasteiger charge is -2.07.